The second-order valence-corrected chi connectivity index (χ2v) is 9.07. The van der Waals surface area contributed by atoms with Crippen LogP contribution in [-0.2, 0) is 37.6 Å². The molecule has 11 heteroatoms. The van der Waals surface area contributed by atoms with E-state index in [0.29, 0.717) is 4.31 Å². The minimum Gasteiger partial charge on any atom is -0.506 e. The van der Waals surface area contributed by atoms with Crippen LogP contribution in [0.3, 0.4) is 0 Å². The lowest BCUT2D eigenvalue weighted by Crippen LogP contribution is -2.45. The van der Waals surface area contributed by atoms with E-state index >= 15 is 4.39 Å². The average molecular weight is 450 g/mol. The van der Waals surface area contributed by atoms with E-state index in [0.717, 1.165) is 5.56 Å². The van der Waals surface area contributed by atoms with Crippen molar-refractivity contribution in [3.05, 3.63) is 53.3 Å². The molecule has 0 radical (unpaired) electrons. The van der Waals surface area contributed by atoms with E-state index in [9.17, 15) is 23.1 Å². The van der Waals surface area contributed by atoms with Gasteiger partial charge in [-0.05, 0) is 25.0 Å². The number of nitrogens with one attached hydrogen (secondary N) is 1. The topological polar surface area (TPSA) is 122 Å². The van der Waals surface area contributed by atoms with Crippen LogP contribution in [0.4, 0.5) is 10.1 Å². The minimum absolute atomic E-state index is 0.00852. The van der Waals surface area contributed by atoms with Crippen LogP contribution in [0.25, 0.3) is 0 Å². The van der Waals surface area contributed by atoms with Crippen LogP contribution in [0, 0.1) is 5.82 Å². The van der Waals surface area contributed by atoms with E-state index in [1.54, 1.807) is 29.0 Å². The summed E-state index contributed by atoms with van der Waals surface area (Å²) in [6.07, 6.45) is 0.342. The Bertz CT molecular complexity index is 1170. The van der Waals surface area contributed by atoms with Gasteiger partial charge in [0.05, 0.1) is 0 Å². The molecule has 164 valence electrons. The number of esters is 1. The van der Waals surface area contributed by atoms with Crippen molar-refractivity contribution in [2.45, 2.75) is 32.0 Å². The van der Waals surface area contributed by atoms with Crippen LogP contribution >= 0.6 is 0 Å². The molecule has 0 saturated carbocycles. The van der Waals surface area contributed by atoms with Crippen molar-refractivity contribution in [1.82, 2.24) is 4.72 Å². The van der Waals surface area contributed by atoms with Gasteiger partial charge in [0.25, 0.3) is 5.91 Å². The zero-order valence-electron chi connectivity index (χ0n) is 16.4. The number of fused-ring (bicyclic) bond motifs is 1. The molecule has 0 aliphatic carbocycles. The minimum atomic E-state index is -4.36. The first-order chi connectivity index (χ1) is 14.6. The van der Waals surface area contributed by atoms with Crippen molar-refractivity contribution in [3.8, 4) is 11.5 Å². The maximum Gasteiger partial charge on any atom is 0.350 e. The maximum atomic E-state index is 15.3. The molecular formula is C20H19FN2O7S. The summed E-state index contributed by atoms with van der Waals surface area (Å²) in [5.41, 5.74) is -1.21. The number of anilines is 1. The molecule has 1 amide bonds. The number of amides is 1. The predicted molar refractivity (Wildman–Crippen MR) is 106 cm³/mol. The molecule has 2 aliphatic rings. The van der Waals surface area contributed by atoms with Crippen molar-refractivity contribution in [2.24, 2.45) is 0 Å². The second kappa shape index (κ2) is 7.41. The predicted octanol–water partition coefficient (Wildman–Crippen LogP) is 1.54. The third-order valence-electron chi connectivity index (χ3n) is 5.17. The van der Waals surface area contributed by atoms with Gasteiger partial charge in [0.1, 0.15) is 24.6 Å². The Kier molecular flexibility index (Phi) is 5.00. The molecule has 2 aromatic rings. The smallest absolute Gasteiger partial charge is 0.350 e. The number of phenolic OH excluding ortho intramolecular Hbond substituents is 1. The number of hydrogen-bond acceptors (Lipinski definition) is 7. The number of halogens is 1. The highest BCUT2D eigenvalue weighted by Gasteiger charge is 2.44. The number of ether oxygens (including phenoxy) is 2. The highest BCUT2D eigenvalue weighted by molar-refractivity contribution is 7.92. The SMILES string of the molecule is CC1(C(=O)OCc2ccccc2)CCc2cc(O)c(N3CC(=O)NS3(=O)=O)c(F)c2O1. The molecule has 0 spiro atoms. The summed E-state index contributed by atoms with van der Waals surface area (Å²) in [5, 5.41) is 10.2. The van der Waals surface area contributed by atoms with Gasteiger partial charge in [-0.2, -0.15) is 8.42 Å². The Morgan fingerprint density at radius 3 is 2.71 bits per heavy atom. The lowest BCUT2D eigenvalue weighted by molar-refractivity contribution is -0.163. The molecular weight excluding hydrogens is 431 g/mol. The zero-order valence-corrected chi connectivity index (χ0v) is 17.2. The molecule has 1 atom stereocenters. The Morgan fingerprint density at radius 2 is 2.06 bits per heavy atom. The van der Waals surface area contributed by atoms with Crippen LogP contribution in [0.15, 0.2) is 36.4 Å². The van der Waals surface area contributed by atoms with Gasteiger partial charge in [0.2, 0.25) is 5.60 Å². The van der Waals surface area contributed by atoms with E-state index in [2.05, 4.69) is 0 Å². The number of nitrogens with zero attached hydrogens (tertiary/aromatic N) is 1. The molecule has 2 N–H and O–H groups in total. The number of aryl methyl sites for hydroxylation is 1. The molecule has 0 aromatic heterocycles. The number of rotatable bonds is 4. The molecule has 1 unspecified atom stereocenters. The number of carbonyl (C=O) groups is 2. The summed E-state index contributed by atoms with van der Waals surface area (Å²) < 4.78 is 52.6. The Balaban J connectivity index is 1.62. The lowest BCUT2D eigenvalue weighted by atomic mass is 9.92. The first-order valence-electron chi connectivity index (χ1n) is 9.38. The molecule has 0 bridgehead atoms. The maximum absolute atomic E-state index is 15.3. The summed E-state index contributed by atoms with van der Waals surface area (Å²) in [6.45, 7) is 0.767. The second-order valence-electron chi connectivity index (χ2n) is 7.48. The fourth-order valence-corrected chi connectivity index (χ4v) is 4.67. The van der Waals surface area contributed by atoms with Crippen molar-refractivity contribution in [1.29, 1.82) is 0 Å². The molecule has 31 heavy (non-hydrogen) atoms. The molecule has 2 heterocycles. The van der Waals surface area contributed by atoms with Crippen LogP contribution in [0.5, 0.6) is 11.5 Å². The molecule has 4 rings (SSSR count). The van der Waals surface area contributed by atoms with Crippen LogP contribution in [0.1, 0.15) is 24.5 Å². The average Bonchev–Trinajstić information content (AvgIpc) is 2.99. The normalized spacial score (nSPS) is 21.7. The van der Waals surface area contributed by atoms with E-state index in [4.69, 9.17) is 9.47 Å². The number of phenols is 1. The molecule has 2 aliphatic heterocycles. The Hall–Kier alpha value is -3.34. The van der Waals surface area contributed by atoms with Gasteiger partial charge in [-0.3, -0.25) is 4.79 Å². The summed E-state index contributed by atoms with van der Waals surface area (Å²) >= 11 is 0. The summed E-state index contributed by atoms with van der Waals surface area (Å²) in [5.74, 6) is -3.78. The quantitative estimate of drug-likeness (QED) is 0.678. The van der Waals surface area contributed by atoms with Gasteiger partial charge in [-0.25, -0.2) is 18.2 Å². The van der Waals surface area contributed by atoms with Crippen molar-refractivity contribution in [3.63, 3.8) is 0 Å². The van der Waals surface area contributed by atoms with E-state index in [1.165, 1.54) is 13.0 Å². The van der Waals surface area contributed by atoms with Gasteiger partial charge in [0.15, 0.2) is 11.6 Å². The Morgan fingerprint density at radius 1 is 1.35 bits per heavy atom. The number of carbonyl (C=O) groups excluding carboxylic acids is 2. The molecule has 1 fully saturated rings. The first kappa shape index (κ1) is 20.9. The highest BCUT2D eigenvalue weighted by Crippen LogP contribution is 2.45. The lowest BCUT2D eigenvalue weighted by Gasteiger charge is -2.34. The van der Waals surface area contributed by atoms with Gasteiger partial charge in [-0.15, -0.1) is 0 Å². The third kappa shape index (κ3) is 3.76. The van der Waals surface area contributed by atoms with Crippen molar-refractivity contribution < 1.29 is 37.0 Å². The van der Waals surface area contributed by atoms with Crippen molar-refractivity contribution in [2.75, 3.05) is 10.8 Å². The van der Waals surface area contributed by atoms with E-state index < -0.39 is 51.5 Å². The molecule has 9 nitrogen and oxygen atoms in total. The van der Waals surface area contributed by atoms with Gasteiger partial charge in [0, 0.05) is 12.0 Å². The fourth-order valence-electron chi connectivity index (χ4n) is 3.51. The highest BCUT2D eigenvalue weighted by atomic mass is 32.2. The van der Waals surface area contributed by atoms with E-state index in [-0.39, 0.29) is 30.8 Å². The van der Waals surface area contributed by atoms with Crippen LogP contribution < -0.4 is 13.8 Å². The first-order valence-corrected chi connectivity index (χ1v) is 10.8. The van der Waals surface area contributed by atoms with Gasteiger partial charge in [-0.1, -0.05) is 30.3 Å². The largest absolute Gasteiger partial charge is 0.506 e. The van der Waals surface area contributed by atoms with Crippen LogP contribution in [0.2, 0.25) is 0 Å². The summed E-state index contributed by atoms with van der Waals surface area (Å²) in [7, 11) is -4.36. The Labute approximate surface area is 177 Å². The van der Waals surface area contributed by atoms with Gasteiger partial charge < -0.3 is 14.6 Å². The molecule has 1 saturated heterocycles. The summed E-state index contributed by atoms with van der Waals surface area (Å²) in [6, 6.07) is 10.2. The van der Waals surface area contributed by atoms with Gasteiger partial charge >= 0.3 is 16.2 Å². The standard InChI is InChI=1S/C20H19FN2O7S/c1-20(19(26)29-11-12-5-3-2-4-6-12)8-7-13-9-14(24)17(16(21)18(13)30-20)23-10-15(25)22-31(23,27)28/h2-6,9,24H,7-8,10-11H2,1H3,(H,22,25). The zero-order chi connectivity index (χ0) is 22.4. The number of aromatic hydroxyl groups is 1. The van der Waals surface area contributed by atoms with Crippen molar-refractivity contribution >= 4 is 27.8 Å². The van der Waals surface area contributed by atoms with Crippen LogP contribution in [-0.4, -0.2) is 37.5 Å². The number of benzene rings is 2. The van der Waals surface area contributed by atoms with E-state index in [1.807, 2.05) is 6.07 Å². The fraction of sp³-hybridized carbons (Fsp3) is 0.300. The monoisotopic (exact) mass is 450 g/mol. The summed E-state index contributed by atoms with van der Waals surface area (Å²) in [4.78, 5) is 24.2. The molecule has 2 aromatic carbocycles. The third-order valence-corrected chi connectivity index (χ3v) is 6.54. The number of hydrogen-bond donors (Lipinski definition) is 2.